The van der Waals surface area contributed by atoms with E-state index in [1.54, 1.807) is 0 Å². The first-order valence-corrected chi connectivity index (χ1v) is 5.49. The Morgan fingerprint density at radius 1 is 1.39 bits per heavy atom. The summed E-state index contributed by atoms with van der Waals surface area (Å²) in [6, 6.07) is 1.14. The van der Waals surface area contributed by atoms with Crippen molar-refractivity contribution < 1.29 is 23.5 Å². The summed E-state index contributed by atoms with van der Waals surface area (Å²) in [5, 5.41) is 10.8. The van der Waals surface area contributed by atoms with Crippen molar-refractivity contribution >= 4 is 29.2 Å². The van der Waals surface area contributed by atoms with Crippen molar-refractivity contribution in [1.29, 1.82) is 0 Å². The number of nitrogens with one attached hydrogen (secondary N) is 1. The van der Waals surface area contributed by atoms with Crippen LogP contribution in [0.4, 0.5) is 14.5 Å². The van der Waals surface area contributed by atoms with Gasteiger partial charge in [0, 0.05) is 17.9 Å². The molecule has 0 aromatic heterocycles. The quantitative estimate of drug-likeness (QED) is 0.831. The highest BCUT2D eigenvalue weighted by Crippen LogP contribution is 2.20. The van der Waals surface area contributed by atoms with Crippen molar-refractivity contribution in [3.63, 3.8) is 0 Å². The molecular formula is C11H10ClF2NO3. The number of amides is 1. The van der Waals surface area contributed by atoms with Crippen LogP contribution in [0.1, 0.15) is 17.3 Å². The van der Waals surface area contributed by atoms with Crippen LogP contribution in [0.15, 0.2) is 12.1 Å². The van der Waals surface area contributed by atoms with E-state index in [1.165, 1.54) is 6.92 Å². The number of carboxylic acids is 1. The number of alkyl halides is 1. The number of carbonyl (C=O) groups is 2. The molecule has 0 heterocycles. The predicted molar refractivity (Wildman–Crippen MR) is 61.8 cm³/mol. The van der Waals surface area contributed by atoms with Gasteiger partial charge in [0.05, 0.1) is 11.3 Å². The topological polar surface area (TPSA) is 66.4 Å². The monoisotopic (exact) mass is 277 g/mol. The molecule has 0 saturated heterocycles. The molecule has 0 aliphatic rings. The molecule has 0 spiro atoms. The second-order valence-electron chi connectivity index (χ2n) is 3.66. The fraction of sp³-hybridized carbons (Fsp3) is 0.273. The van der Waals surface area contributed by atoms with Crippen LogP contribution >= 0.6 is 11.6 Å². The summed E-state index contributed by atoms with van der Waals surface area (Å²) in [5.41, 5.74) is -1.11. The Morgan fingerprint density at radius 3 is 2.50 bits per heavy atom. The minimum atomic E-state index is -1.55. The Kier molecular flexibility index (Phi) is 4.61. The lowest BCUT2D eigenvalue weighted by atomic mass is 10.1. The van der Waals surface area contributed by atoms with Gasteiger partial charge in [0.2, 0.25) is 5.91 Å². The highest BCUT2D eigenvalue weighted by Gasteiger charge is 2.18. The molecular weight excluding hydrogens is 268 g/mol. The SMILES string of the molecule is CC(CCl)C(=O)Nc1cc(C(=O)O)c(F)cc1F. The lowest BCUT2D eigenvalue weighted by molar-refractivity contribution is -0.118. The van der Waals surface area contributed by atoms with Gasteiger partial charge in [0.25, 0.3) is 0 Å². The average molecular weight is 278 g/mol. The lowest BCUT2D eigenvalue weighted by Crippen LogP contribution is -2.22. The van der Waals surface area contributed by atoms with E-state index in [2.05, 4.69) is 5.32 Å². The molecule has 0 aliphatic carbocycles. The van der Waals surface area contributed by atoms with E-state index < -0.39 is 40.7 Å². The van der Waals surface area contributed by atoms with Crippen LogP contribution in [-0.4, -0.2) is 22.9 Å². The molecule has 1 atom stereocenters. The van der Waals surface area contributed by atoms with Crippen LogP contribution in [0, 0.1) is 17.6 Å². The summed E-state index contributed by atoms with van der Waals surface area (Å²) >= 11 is 5.45. The van der Waals surface area contributed by atoms with Gasteiger partial charge in [-0.15, -0.1) is 11.6 Å². The number of carbonyl (C=O) groups excluding carboxylic acids is 1. The Balaban J connectivity index is 3.06. The van der Waals surface area contributed by atoms with E-state index in [0.29, 0.717) is 6.07 Å². The summed E-state index contributed by atoms with van der Waals surface area (Å²) in [7, 11) is 0. The fourth-order valence-corrected chi connectivity index (χ4v) is 1.27. The minimum Gasteiger partial charge on any atom is -0.478 e. The molecule has 18 heavy (non-hydrogen) atoms. The Labute approximate surface area is 107 Å². The first-order valence-electron chi connectivity index (χ1n) is 4.96. The normalized spacial score (nSPS) is 12.0. The molecule has 1 amide bonds. The van der Waals surface area contributed by atoms with Gasteiger partial charge in [-0.05, 0) is 6.07 Å². The highest BCUT2D eigenvalue weighted by atomic mass is 35.5. The summed E-state index contributed by atoms with van der Waals surface area (Å²) in [6.07, 6.45) is 0. The van der Waals surface area contributed by atoms with Gasteiger partial charge in [-0.1, -0.05) is 6.92 Å². The lowest BCUT2D eigenvalue weighted by Gasteiger charge is -2.11. The molecule has 7 heteroatoms. The van der Waals surface area contributed by atoms with Gasteiger partial charge in [-0.2, -0.15) is 0 Å². The first kappa shape index (κ1) is 14.4. The molecule has 1 rings (SSSR count). The molecule has 1 aromatic carbocycles. The fourth-order valence-electron chi connectivity index (χ4n) is 1.13. The number of benzene rings is 1. The zero-order valence-corrected chi connectivity index (χ0v) is 10.1. The number of hydrogen-bond donors (Lipinski definition) is 2. The summed E-state index contributed by atoms with van der Waals surface area (Å²) in [6.45, 7) is 1.52. The molecule has 0 bridgehead atoms. The summed E-state index contributed by atoms with van der Waals surface area (Å²) in [5.74, 6) is -4.93. The van der Waals surface area contributed by atoms with Crippen LogP contribution < -0.4 is 5.32 Å². The standard InChI is InChI=1S/C11H10ClF2NO3/c1-5(4-12)10(16)15-9-2-6(11(17)18)7(13)3-8(9)14/h2-3,5H,4H2,1H3,(H,15,16)(H,17,18). The molecule has 98 valence electrons. The second-order valence-corrected chi connectivity index (χ2v) is 3.97. The highest BCUT2D eigenvalue weighted by molar-refractivity contribution is 6.19. The minimum absolute atomic E-state index is 0.0282. The van der Waals surface area contributed by atoms with E-state index >= 15 is 0 Å². The van der Waals surface area contributed by atoms with Gasteiger partial charge in [0.15, 0.2) is 0 Å². The third-order valence-corrected chi connectivity index (χ3v) is 2.69. The van der Waals surface area contributed by atoms with Gasteiger partial charge >= 0.3 is 5.97 Å². The number of rotatable bonds is 4. The average Bonchev–Trinajstić information content (AvgIpc) is 2.30. The molecule has 2 N–H and O–H groups in total. The van der Waals surface area contributed by atoms with Gasteiger partial charge in [0.1, 0.15) is 11.6 Å². The van der Waals surface area contributed by atoms with Crippen molar-refractivity contribution in [2.45, 2.75) is 6.92 Å². The van der Waals surface area contributed by atoms with Crippen molar-refractivity contribution in [2.75, 3.05) is 11.2 Å². The summed E-state index contributed by atoms with van der Waals surface area (Å²) < 4.78 is 26.4. The maximum Gasteiger partial charge on any atom is 0.338 e. The smallest absolute Gasteiger partial charge is 0.338 e. The Bertz CT molecular complexity index is 493. The van der Waals surface area contributed by atoms with E-state index in [0.717, 1.165) is 6.07 Å². The largest absolute Gasteiger partial charge is 0.478 e. The molecule has 0 aliphatic heterocycles. The van der Waals surface area contributed by atoms with Crippen molar-refractivity contribution in [3.8, 4) is 0 Å². The Morgan fingerprint density at radius 2 is 2.00 bits per heavy atom. The number of halogens is 3. The first-order chi connectivity index (χ1) is 8.36. The van der Waals surface area contributed by atoms with Crippen LogP contribution in [0.2, 0.25) is 0 Å². The molecule has 0 fully saturated rings. The van der Waals surface area contributed by atoms with Crippen LogP contribution in [0.5, 0.6) is 0 Å². The van der Waals surface area contributed by atoms with Crippen molar-refractivity contribution in [2.24, 2.45) is 5.92 Å². The van der Waals surface area contributed by atoms with E-state index in [9.17, 15) is 18.4 Å². The van der Waals surface area contributed by atoms with Gasteiger partial charge in [-0.25, -0.2) is 13.6 Å². The van der Waals surface area contributed by atoms with Crippen LogP contribution in [0.25, 0.3) is 0 Å². The van der Waals surface area contributed by atoms with E-state index in [1.807, 2.05) is 0 Å². The third kappa shape index (κ3) is 3.16. The van der Waals surface area contributed by atoms with Crippen molar-refractivity contribution in [1.82, 2.24) is 0 Å². The molecule has 4 nitrogen and oxygen atoms in total. The predicted octanol–water partition coefficient (Wildman–Crippen LogP) is 2.48. The van der Waals surface area contributed by atoms with E-state index in [4.69, 9.17) is 16.7 Å². The van der Waals surface area contributed by atoms with Gasteiger partial charge in [-0.3, -0.25) is 4.79 Å². The molecule has 0 radical (unpaired) electrons. The van der Waals surface area contributed by atoms with Crippen molar-refractivity contribution in [3.05, 3.63) is 29.3 Å². The summed E-state index contributed by atoms with van der Waals surface area (Å²) in [4.78, 5) is 22.1. The zero-order chi connectivity index (χ0) is 13.9. The van der Waals surface area contributed by atoms with Crippen LogP contribution in [0.3, 0.4) is 0 Å². The maximum absolute atomic E-state index is 13.3. The number of anilines is 1. The molecule has 1 aromatic rings. The molecule has 1 unspecified atom stereocenters. The Hall–Kier alpha value is -1.69. The second kappa shape index (κ2) is 5.77. The number of hydrogen-bond acceptors (Lipinski definition) is 2. The maximum atomic E-state index is 13.3. The molecule has 0 saturated carbocycles. The number of aromatic carboxylic acids is 1. The zero-order valence-electron chi connectivity index (χ0n) is 9.34. The van der Waals surface area contributed by atoms with Crippen LogP contribution in [-0.2, 0) is 4.79 Å². The number of carboxylic acid groups (broad SMARTS) is 1. The third-order valence-electron chi connectivity index (χ3n) is 2.22. The van der Waals surface area contributed by atoms with E-state index in [-0.39, 0.29) is 5.88 Å². The van der Waals surface area contributed by atoms with Gasteiger partial charge < -0.3 is 10.4 Å².